The fraction of sp³-hybridized carbons (Fsp3) is 0.625. The molecule has 3 unspecified atom stereocenters. The zero-order valence-electron chi connectivity index (χ0n) is 13.7. The lowest BCUT2D eigenvalue weighted by atomic mass is 9.92. The molecule has 1 aromatic carbocycles. The van der Waals surface area contributed by atoms with Crippen LogP contribution in [0, 0.1) is 17.6 Å². The zero-order valence-corrected chi connectivity index (χ0v) is 14.5. The van der Waals surface area contributed by atoms with E-state index in [0.717, 1.165) is 6.07 Å². The molecule has 0 aromatic heterocycles. The average Bonchev–Trinajstić information content (AvgIpc) is 2.46. The lowest BCUT2D eigenvalue weighted by Crippen LogP contribution is -2.50. The third-order valence-electron chi connectivity index (χ3n) is 4.50. The van der Waals surface area contributed by atoms with Crippen molar-refractivity contribution >= 4 is 10.0 Å². The summed E-state index contributed by atoms with van der Waals surface area (Å²) in [6.07, 6.45) is 2.56. The molecule has 0 bridgehead atoms. The van der Waals surface area contributed by atoms with Gasteiger partial charge in [0, 0.05) is 36.8 Å². The molecule has 4 nitrogen and oxygen atoms in total. The van der Waals surface area contributed by atoms with E-state index >= 15 is 0 Å². The predicted octanol–water partition coefficient (Wildman–Crippen LogP) is 2.68. The van der Waals surface area contributed by atoms with Gasteiger partial charge in [-0.1, -0.05) is 19.9 Å². The topological polar surface area (TPSA) is 49.4 Å². The van der Waals surface area contributed by atoms with Crippen LogP contribution in [-0.4, -0.2) is 38.1 Å². The minimum Gasteiger partial charge on any atom is -0.307 e. The monoisotopic (exact) mass is 346 g/mol. The number of hydrogen-bond acceptors (Lipinski definition) is 3. The van der Waals surface area contributed by atoms with E-state index in [0.29, 0.717) is 31.5 Å². The molecule has 1 heterocycles. The van der Waals surface area contributed by atoms with Crippen molar-refractivity contribution in [2.45, 2.75) is 38.8 Å². The standard InChI is InChI=1S/C16H24F2N2O2S/c1-4-15(13-6-5-12(17)9-14(13)18)19-16-7-8-20(10-11(16)2)23(3,21)22/h5-6,9,11,15-16,19H,4,7-8,10H2,1-3H3. The highest BCUT2D eigenvalue weighted by Crippen LogP contribution is 2.26. The van der Waals surface area contributed by atoms with Crippen molar-refractivity contribution in [3.63, 3.8) is 0 Å². The molecule has 3 atom stereocenters. The van der Waals surface area contributed by atoms with Crippen molar-refractivity contribution in [2.75, 3.05) is 19.3 Å². The Morgan fingerprint density at radius 2 is 2.09 bits per heavy atom. The number of sulfonamides is 1. The molecule has 2 rings (SSSR count). The van der Waals surface area contributed by atoms with Gasteiger partial charge in [0.1, 0.15) is 11.6 Å². The van der Waals surface area contributed by atoms with Crippen LogP contribution in [0.5, 0.6) is 0 Å². The van der Waals surface area contributed by atoms with E-state index in [2.05, 4.69) is 5.32 Å². The van der Waals surface area contributed by atoms with Crippen molar-refractivity contribution in [3.8, 4) is 0 Å². The number of rotatable bonds is 5. The number of benzene rings is 1. The van der Waals surface area contributed by atoms with Gasteiger partial charge in [-0.05, 0) is 24.8 Å². The SMILES string of the molecule is CCC(NC1CCN(S(C)(=O)=O)CC1C)c1ccc(F)cc1F. The van der Waals surface area contributed by atoms with Gasteiger partial charge in [0.15, 0.2) is 0 Å². The quantitative estimate of drug-likeness (QED) is 0.892. The van der Waals surface area contributed by atoms with Crippen molar-refractivity contribution in [1.82, 2.24) is 9.62 Å². The maximum Gasteiger partial charge on any atom is 0.211 e. The Morgan fingerprint density at radius 3 is 2.61 bits per heavy atom. The Morgan fingerprint density at radius 1 is 1.39 bits per heavy atom. The Balaban J connectivity index is 2.08. The molecule has 0 amide bonds. The summed E-state index contributed by atoms with van der Waals surface area (Å²) >= 11 is 0. The fourth-order valence-electron chi connectivity index (χ4n) is 3.13. The van der Waals surface area contributed by atoms with Gasteiger partial charge >= 0.3 is 0 Å². The van der Waals surface area contributed by atoms with Gasteiger partial charge < -0.3 is 5.32 Å². The highest BCUT2D eigenvalue weighted by Gasteiger charge is 2.31. The number of hydrogen-bond donors (Lipinski definition) is 1. The molecule has 7 heteroatoms. The van der Waals surface area contributed by atoms with E-state index in [9.17, 15) is 17.2 Å². The van der Waals surface area contributed by atoms with Crippen molar-refractivity contribution in [3.05, 3.63) is 35.4 Å². The zero-order chi connectivity index (χ0) is 17.2. The summed E-state index contributed by atoms with van der Waals surface area (Å²) in [4.78, 5) is 0. The first-order valence-corrected chi connectivity index (χ1v) is 9.73. The maximum absolute atomic E-state index is 14.0. The van der Waals surface area contributed by atoms with E-state index in [1.165, 1.54) is 22.7 Å². The summed E-state index contributed by atoms with van der Waals surface area (Å²) < 4.78 is 51.8. The minimum atomic E-state index is -3.18. The van der Waals surface area contributed by atoms with Crippen LogP contribution in [0.15, 0.2) is 18.2 Å². The van der Waals surface area contributed by atoms with E-state index in [-0.39, 0.29) is 18.0 Å². The third-order valence-corrected chi connectivity index (χ3v) is 5.77. The summed E-state index contributed by atoms with van der Waals surface area (Å²) in [5.74, 6) is -1.02. The molecule has 1 N–H and O–H groups in total. The second kappa shape index (κ2) is 7.23. The third kappa shape index (κ3) is 4.49. The number of halogens is 2. The van der Waals surface area contributed by atoms with Crippen LogP contribution in [0.2, 0.25) is 0 Å². The van der Waals surface area contributed by atoms with Gasteiger partial charge in [0.25, 0.3) is 0 Å². The molecular weight excluding hydrogens is 322 g/mol. The van der Waals surface area contributed by atoms with E-state index in [4.69, 9.17) is 0 Å². The van der Waals surface area contributed by atoms with E-state index in [1.54, 1.807) is 0 Å². The second-order valence-corrected chi connectivity index (χ2v) is 8.27. The maximum atomic E-state index is 14.0. The molecule has 0 saturated carbocycles. The Hall–Kier alpha value is -1.05. The highest BCUT2D eigenvalue weighted by atomic mass is 32.2. The van der Waals surface area contributed by atoms with Crippen LogP contribution in [-0.2, 0) is 10.0 Å². The summed E-state index contributed by atoms with van der Waals surface area (Å²) in [7, 11) is -3.18. The number of nitrogens with zero attached hydrogens (tertiary/aromatic N) is 1. The van der Waals surface area contributed by atoms with Crippen LogP contribution in [0.4, 0.5) is 8.78 Å². The van der Waals surface area contributed by atoms with Gasteiger partial charge in [0.2, 0.25) is 10.0 Å². The lowest BCUT2D eigenvalue weighted by molar-refractivity contribution is 0.205. The molecule has 23 heavy (non-hydrogen) atoms. The van der Waals surface area contributed by atoms with Gasteiger partial charge in [-0.15, -0.1) is 0 Å². The molecule has 0 aliphatic carbocycles. The van der Waals surface area contributed by atoms with Crippen LogP contribution in [0.25, 0.3) is 0 Å². The van der Waals surface area contributed by atoms with Crippen molar-refractivity contribution in [1.29, 1.82) is 0 Å². The van der Waals surface area contributed by atoms with Crippen LogP contribution < -0.4 is 5.32 Å². The lowest BCUT2D eigenvalue weighted by Gasteiger charge is -2.38. The molecule has 0 spiro atoms. The summed E-state index contributed by atoms with van der Waals surface area (Å²) in [6.45, 7) is 4.85. The Labute approximate surface area is 136 Å². The van der Waals surface area contributed by atoms with Crippen LogP contribution >= 0.6 is 0 Å². The van der Waals surface area contributed by atoms with Gasteiger partial charge in [-0.3, -0.25) is 0 Å². The molecule has 130 valence electrons. The van der Waals surface area contributed by atoms with Crippen LogP contribution in [0.1, 0.15) is 38.3 Å². The number of piperidine rings is 1. The number of nitrogens with one attached hydrogen (secondary N) is 1. The first kappa shape index (κ1) is 18.3. The minimum absolute atomic E-state index is 0.0994. The Bertz CT molecular complexity index is 651. The Kier molecular flexibility index (Phi) is 5.75. The molecule has 1 fully saturated rings. The molecule has 1 aliphatic rings. The normalized spacial score (nSPS) is 24.6. The second-order valence-electron chi connectivity index (χ2n) is 6.29. The first-order chi connectivity index (χ1) is 10.7. The largest absolute Gasteiger partial charge is 0.307 e. The van der Waals surface area contributed by atoms with Crippen molar-refractivity contribution in [2.24, 2.45) is 5.92 Å². The highest BCUT2D eigenvalue weighted by molar-refractivity contribution is 7.88. The fourth-order valence-corrected chi connectivity index (χ4v) is 4.07. The van der Waals surface area contributed by atoms with E-state index in [1.807, 2.05) is 13.8 Å². The first-order valence-electron chi connectivity index (χ1n) is 7.88. The van der Waals surface area contributed by atoms with Crippen molar-refractivity contribution < 1.29 is 17.2 Å². The molecule has 1 aliphatic heterocycles. The van der Waals surface area contributed by atoms with Gasteiger partial charge in [-0.25, -0.2) is 21.5 Å². The summed E-state index contributed by atoms with van der Waals surface area (Å²) in [5, 5.41) is 3.42. The summed E-state index contributed by atoms with van der Waals surface area (Å²) in [6, 6.07) is 3.52. The van der Waals surface area contributed by atoms with Crippen LogP contribution in [0.3, 0.4) is 0 Å². The van der Waals surface area contributed by atoms with Gasteiger partial charge in [0.05, 0.1) is 6.26 Å². The molecule has 0 radical (unpaired) electrons. The smallest absolute Gasteiger partial charge is 0.211 e. The average molecular weight is 346 g/mol. The van der Waals surface area contributed by atoms with E-state index < -0.39 is 21.7 Å². The molecule has 1 aromatic rings. The molecular formula is C16H24F2N2O2S. The summed E-state index contributed by atoms with van der Waals surface area (Å²) in [5.41, 5.74) is 0.451. The molecule has 1 saturated heterocycles. The van der Waals surface area contributed by atoms with Gasteiger partial charge in [-0.2, -0.15) is 0 Å². The predicted molar refractivity (Wildman–Crippen MR) is 86.5 cm³/mol.